The van der Waals surface area contributed by atoms with E-state index in [0.29, 0.717) is 11.4 Å². The molecule has 2 N–H and O–H groups in total. The summed E-state index contributed by atoms with van der Waals surface area (Å²) in [4.78, 5) is 25.9. The maximum absolute atomic E-state index is 11.8. The summed E-state index contributed by atoms with van der Waals surface area (Å²) in [7, 11) is 0. The number of amides is 2. The highest BCUT2D eigenvalue weighted by Gasteiger charge is 2.15. The van der Waals surface area contributed by atoms with Crippen molar-refractivity contribution in [3.05, 3.63) is 48.4 Å². The van der Waals surface area contributed by atoms with E-state index in [9.17, 15) is 9.59 Å². The smallest absolute Gasteiger partial charge is 0.313 e. The van der Waals surface area contributed by atoms with Gasteiger partial charge in [-0.05, 0) is 49.2 Å². The number of anilines is 2. The molecule has 6 nitrogen and oxygen atoms in total. The van der Waals surface area contributed by atoms with Gasteiger partial charge in [0.2, 0.25) is 0 Å². The van der Waals surface area contributed by atoms with Crippen molar-refractivity contribution in [1.29, 1.82) is 0 Å². The molecule has 1 aromatic heterocycles. The summed E-state index contributed by atoms with van der Waals surface area (Å²) in [5.41, 5.74) is 1.74. The van der Waals surface area contributed by atoms with Crippen LogP contribution in [-0.4, -0.2) is 24.9 Å². The average molecular weight is 313 g/mol. The Morgan fingerprint density at radius 3 is 2.43 bits per heavy atom. The summed E-state index contributed by atoms with van der Waals surface area (Å²) in [5.74, 6) is -0.781. The first kappa shape index (κ1) is 15.1. The van der Waals surface area contributed by atoms with Crippen molar-refractivity contribution in [1.82, 2.24) is 5.32 Å². The molecule has 3 rings (SSSR count). The SMILES string of the molecule is O=C(NCc1ccco1)C(=O)Nc1ccc(N2CCCC2)cc1. The van der Waals surface area contributed by atoms with Gasteiger partial charge in [0.15, 0.2) is 0 Å². The second-order valence-electron chi connectivity index (χ2n) is 5.46. The summed E-state index contributed by atoms with van der Waals surface area (Å²) in [6, 6.07) is 11.0. The van der Waals surface area contributed by atoms with Gasteiger partial charge in [-0.15, -0.1) is 0 Å². The molecule has 1 fully saturated rings. The topological polar surface area (TPSA) is 74.6 Å². The van der Waals surface area contributed by atoms with Crippen molar-refractivity contribution in [2.45, 2.75) is 19.4 Å². The number of nitrogens with one attached hydrogen (secondary N) is 2. The Morgan fingerprint density at radius 2 is 1.78 bits per heavy atom. The predicted molar refractivity (Wildman–Crippen MR) is 87.1 cm³/mol. The second kappa shape index (κ2) is 7.00. The molecule has 0 unspecified atom stereocenters. The van der Waals surface area contributed by atoms with Gasteiger partial charge in [0, 0.05) is 24.5 Å². The standard InChI is InChI=1S/C17H19N3O3/c21-16(18-12-15-4-3-11-23-15)17(22)19-13-5-7-14(8-6-13)20-9-1-2-10-20/h3-8,11H,1-2,9-10,12H2,(H,18,21)(H,19,22). The van der Waals surface area contributed by atoms with E-state index in [4.69, 9.17) is 4.42 Å². The van der Waals surface area contributed by atoms with E-state index in [2.05, 4.69) is 15.5 Å². The lowest BCUT2D eigenvalue weighted by atomic mass is 10.2. The molecule has 0 radical (unpaired) electrons. The maximum atomic E-state index is 11.8. The predicted octanol–water partition coefficient (Wildman–Crippen LogP) is 2.13. The van der Waals surface area contributed by atoms with E-state index in [-0.39, 0.29) is 6.54 Å². The van der Waals surface area contributed by atoms with Crippen molar-refractivity contribution in [3.8, 4) is 0 Å². The Kier molecular flexibility index (Phi) is 4.61. The lowest BCUT2D eigenvalue weighted by molar-refractivity contribution is -0.136. The minimum absolute atomic E-state index is 0.188. The normalized spacial score (nSPS) is 13.8. The Hall–Kier alpha value is -2.76. The Labute approximate surface area is 134 Å². The molecule has 23 heavy (non-hydrogen) atoms. The number of hydrogen-bond acceptors (Lipinski definition) is 4. The maximum Gasteiger partial charge on any atom is 0.313 e. The summed E-state index contributed by atoms with van der Waals surface area (Å²) in [6.07, 6.45) is 3.95. The van der Waals surface area contributed by atoms with E-state index in [1.807, 2.05) is 24.3 Å². The number of carbonyl (C=O) groups is 2. The van der Waals surface area contributed by atoms with Crippen LogP contribution < -0.4 is 15.5 Å². The molecule has 0 spiro atoms. The highest BCUT2D eigenvalue weighted by atomic mass is 16.3. The third-order valence-corrected chi connectivity index (χ3v) is 3.81. The molecule has 6 heteroatoms. The van der Waals surface area contributed by atoms with Gasteiger partial charge >= 0.3 is 11.8 Å². The van der Waals surface area contributed by atoms with Crippen LogP contribution in [0, 0.1) is 0 Å². The lowest BCUT2D eigenvalue weighted by Crippen LogP contribution is -2.34. The molecular formula is C17H19N3O3. The van der Waals surface area contributed by atoms with Gasteiger partial charge in [-0.1, -0.05) is 0 Å². The third kappa shape index (κ3) is 3.91. The molecule has 2 amide bonds. The van der Waals surface area contributed by atoms with Crippen LogP contribution in [0.25, 0.3) is 0 Å². The van der Waals surface area contributed by atoms with Gasteiger partial charge < -0.3 is 20.0 Å². The first-order chi connectivity index (χ1) is 11.2. The minimum atomic E-state index is -0.690. The fraction of sp³-hybridized carbons (Fsp3) is 0.294. The summed E-state index contributed by atoms with van der Waals surface area (Å²) < 4.78 is 5.09. The zero-order valence-corrected chi connectivity index (χ0v) is 12.7. The van der Waals surface area contributed by atoms with E-state index in [0.717, 1.165) is 18.8 Å². The molecular weight excluding hydrogens is 294 g/mol. The number of furan rings is 1. The second-order valence-corrected chi connectivity index (χ2v) is 5.46. The summed E-state index contributed by atoms with van der Waals surface area (Å²) >= 11 is 0. The molecule has 0 bridgehead atoms. The molecule has 2 aromatic rings. The Balaban J connectivity index is 1.51. The van der Waals surface area contributed by atoms with Crippen LogP contribution in [0.5, 0.6) is 0 Å². The van der Waals surface area contributed by atoms with Crippen LogP contribution in [0.2, 0.25) is 0 Å². The number of carbonyl (C=O) groups excluding carboxylic acids is 2. The largest absolute Gasteiger partial charge is 0.467 e. The molecule has 120 valence electrons. The van der Waals surface area contributed by atoms with E-state index >= 15 is 0 Å². The minimum Gasteiger partial charge on any atom is -0.467 e. The highest BCUT2D eigenvalue weighted by molar-refractivity contribution is 6.39. The quantitative estimate of drug-likeness (QED) is 0.848. The van der Waals surface area contributed by atoms with Gasteiger partial charge in [-0.2, -0.15) is 0 Å². The molecule has 1 aromatic carbocycles. The monoisotopic (exact) mass is 313 g/mol. The fourth-order valence-corrected chi connectivity index (χ4v) is 2.58. The molecule has 1 saturated heterocycles. The van der Waals surface area contributed by atoms with Crippen LogP contribution in [0.4, 0.5) is 11.4 Å². The first-order valence-electron chi connectivity index (χ1n) is 7.69. The fourth-order valence-electron chi connectivity index (χ4n) is 2.58. The summed E-state index contributed by atoms with van der Waals surface area (Å²) in [6.45, 7) is 2.33. The zero-order chi connectivity index (χ0) is 16.1. The van der Waals surface area contributed by atoms with Crippen LogP contribution in [0.3, 0.4) is 0 Å². The van der Waals surface area contributed by atoms with E-state index in [1.165, 1.54) is 19.1 Å². The van der Waals surface area contributed by atoms with Crippen molar-refractivity contribution in [3.63, 3.8) is 0 Å². The van der Waals surface area contributed by atoms with E-state index < -0.39 is 11.8 Å². The molecule has 0 aliphatic carbocycles. The number of benzene rings is 1. The first-order valence-corrected chi connectivity index (χ1v) is 7.69. The number of nitrogens with zero attached hydrogens (tertiary/aromatic N) is 1. The molecule has 2 heterocycles. The Morgan fingerprint density at radius 1 is 1.04 bits per heavy atom. The van der Waals surface area contributed by atoms with Crippen molar-refractivity contribution in [2.24, 2.45) is 0 Å². The molecule has 0 atom stereocenters. The zero-order valence-electron chi connectivity index (χ0n) is 12.7. The van der Waals surface area contributed by atoms with Crippen molar-refractivity contribution < 1.29 is 14.0 Å². The average Bonchev–Trinajstić information content (AvgIpc) is 3.26. The van der Waals surface area contributed by atoms with Crippen molar-refractivity contribution >= 4 is 23.2 Å². The van der Waals surface area contributed by atoms with Gasteiger partial charge in [0.25, 0.3) is 0 Å². The van der Waals surface area contributed by atoms with Gasteiger partial charge in [0.1, 0.15) is 5.76 Å². The van der Waals surface area contributed by atoms with Gasteiger partial charge in [-0.25, -0.2) is 0 Å². The molecule has 0 saturated carbocycles. The molecule has 1 aliphatic rings. The lowest BCUT2D eigenvalue weighted by Gasteiger charge is -2.17. The third-order valence-electron chi connectivity index (χ3n) is 3.81. The van der Waals surface area contributed by atoms with Crippen LogP contribution >= 0.6 is 0 Å². The Bertz CT molecular complexity index is 659. The summed E-state index contributed by atoms with van der Waals surface area (Å²) in [5, 5.41) is 5.10. The van der Waals surface area contributed by atoms with Crippen LogP contribution in [0.1, 0.15) is 18.6 Å². The molecule has 1 aliphatic heterocycles. The van der Waals surface area contributed by atoms with Crippen LogP contribution in [-0.2, 0) is 16.1 Å². The van der Waals surface area contributed by atoms with E-state index in [1.54, 1.807) is 12.1 Å². The van der Waals surface area contributed by atoms with Gasteiger partial charge in [0.05, 0.1) is 12.8 Å². The number of hydrogen-bond donors (Lipinski definition) is 2. The number of rotatable bonds is 4. The van der Waals surface area contributed by atoms with Crippen molar-refractivity contribution in [2.75, 3.05) is 23.3 Å². The highest BCUT2D eigenvalue weighted by Crippen LogP contribution is 2.21. The van der Waals surface area contributed by atoms with Crippen LogP contribution in [0.15, 0.2) is 47.1 Å². The van der Waals surface area contributed by atoms with Gasteiger partial charge in [-0.3, -0.25) is 9.59 Å².